The summed E-state index contributed by atoms with van der Waals surface area (Å²) in [5.41, 5.74) is 3.26. The molecule has 1 amide bonds. The zero-order chi connectivity index (χ0) is 18.8. The van der Waals surface area contributed by atoms with E-state index in [1.165, 1.54) is 0 Å². The van der Waals surface area contributed by atoms with Crippen LogP contribution in [0.3, 0.4) is 0 Å². The number of amides is 1. The fraction of sp³-hybridized carbons (Fsp3) is 0.526. The summed E-state index contributed by atoms with van der Waals surface area (Å²) in [5.74, 6) is 0.830. The van der Waals surface area contributed by atoms with Gasteiger partial charge in [-0.3, -0.25) is 9.69 Å². The quantitative estimate of drug-likeness (QED) is 0.688. The molecule has 1 aromatic rings. The van der Waals surface area contributed by atoms with Gasteiger partial charge in [0.1, 0.15) is 5.75 Å². The van der Waals surface area contributed by atoms with E-state index in [1.54, 1.807) is 12.0 Å². The first kappa shape index (κ1) is 20.5. The maximum Gasteiger partial charge on any atom is 0.236 e. The Morgan fingerprint density at radius 1 is 1.12 bits per heavy atom. The molecule has 0 heterocycles. The highest BCUT2D eigenvalue weighted by Crippen LogP contribution is 2.24. The lowest BCUT2D eigenvalue weighted by atomic mass is 10.1. The standard InChI is InChI=1S/C19H26N4O2/c1-15-11-17(12-16(2)19(15)25-4)13-22(3)14-18(24)23(9-5-7-20)10-6-8-21/h11-12H,5-6,9-10,13-14H2,1-4H3. The molecule has 1 rings (SSSR count). The number of rotatable bonds is 9. The number of hydrogen-bond donors (Lipinski definition) is 0. The average Bonchev–Trinajstić information content (AvgIpc) is 2.54. The van der Waals surface area contributed by atoms with E-state index in [0.717, 1.165) is 22.4 Å². The minimum Gasteiger partial charge on any atom is -0.496 e. The molecule has 6 heteroatoms. The van der Waals surface area contributed by atoms with Gasteiger partial charge in [-0.2, -0.15) is 10.5 Å². The minimum atomic E-state index is -0.0602. The first-order chi connectivity index (χ1) is 11.9. The Morgan fingerprint density at radius 2 is 1.64 bits per heavy atom. The van der Waals surface area contributed by atoms with Crippen molar-refractivity contribution in [2.75, 3.05) is 33.8 Å². The monoisotopic (exact) mass is 342 g/mol. The number of aryl methyl sites for hydroxylation is 2. The molecule has 0 radical (unpaired) electrons. The van der Waals surface area contributed by atoms with Gasteiger partial charge in [0.15, 0.2) is 0 Å². The number of nitriles is 2. The molecule has 1 aromatic carbocycles. The largest absolute Gasteiger partial charge is 0.496 e. The third-order valence-electron chi connectivity index (χ3n) is 3.92. The van der Waals surface area contributed by atoms with Gasteiger partial charge in [0.25, 0.3) is 0 Å². The van der Waals surface area contributed by atoms with Crippen molar-refractivity contribution in [1.82, 2.24) is 9.80 Å². The summed E-state index contributed by atoms with van der Waals surface area (Å²) in [4.78, 5) is 16.0. The number of benzene rings is 1. The predicted molar refractivity (Wildman–Crippen MR) is 95.8 cm³/mol. The third kappa shape index (κ3) is 6.45. The molecule has 0 aliphatic carbocycles. The van der Waals surface area contributed by atoms with Crippen LogP contribution in [0.2, 0.25) is 0 Å². The number of carbonyl (C=O) groups excluding carboxylic acids is 1. The second-order valence-corrected chi connectivity index (χ2v) is 6.13. The van der Waals surface area contributed by atoms with Gasteiger partial charge in [-0.05, 0) is 37.6 Å². The van der Waals surface area contributed by atoms with Gasteiger partial charge in [-0.1, -0.05) is 12.1 Å². The zero-order valence-electron chi connectivity index (χ0n) is 15.5. The van der Waals surface area contributed by atoms with E-state index in [1.807, 2.05) is 37.9 Å². The molecule has 0 aliphatic heterocycles. The van der Waals surface area contributed by atoms with E-state index in [2.05, 4.69) is 12.1 Å². The maximum atomic E-state index is 12.4. The van der Waals surface area contributed by atoms with Crippen LogP contribution in [0.5, 0.6) is 5.75 Å². The number of hydrogen-bond acceptors (Lipinski definition) is 5. The second kappa shape index (κ2) is 10.3. The van der Waals surface area contributed by atoms with Crippen LogP contribution in [-0.2, 0) is 11.3 Å². The fourth-order valence-electron chi connectivity index (χ4n) is 2.88. The summed E-state index contributed by atoms with van der Waals surface area (Å²) in [6, 6.07) is 8.22. The number of likely N-dealkylation sites (N-methyl/N-ethyl adjacent to an activating group) is 1. The highest BCUT2D eigenvalue weighted by atomic mass is 16.5. The van der Waals surface area contributed by atoms with Crippen molar-refractivity contribution in [2.24, 2.45) is 0 Å². The van der Waals surface area contributed by atoms with Crippen LogP contribution in [-0.4, -0.2) is 49.5 Å². The maximum absolute atomic E-state index is 12.4. The first-order valence-corrected chi connectivity index (χ1v) is 8.27. The molecular weight excluding hydrogens is 316 g/mol. The molecule has 0 saturated carbocycles. The molecule has 0 atom stereocenters. The summed E-state index contributed by atoms with van der Waals surface area (Å²) < 4.78 is 5.38. The van der Waals surface area contributed by atoms with Crippen LogP contribution >= 0.6 is 0 Å². The summed E-state index contributed by atoms with van der Waals surface area (Å²) in [6.45, 7) is 5.64. The zero-order valence-corrected chi connectivity index (χ0v) is 15.5. The molecular formula is C19H26N4O2. The van der Waals surface area contributed by atoms with Crippen LogP contribution in [0, 0.1) is 36.5 Å². The van der Waals surface area contributed by atoms with Crippen molar-refractivity contribution in [3.05, 3.63) is 28.8 Å². The van der Waals surface area contributed by atoms with Gasteiger partial charge in [-0.25, -0.2) is 0 Å². The SMILES string of the molecule is COc1c(C)cc(CN(C)CC(=O)N(CCC#N)CCC#N)cc1C. The van der Waals surface area contributed by atoms with Crippen LogP contribution in [0.4, 0.5) is 0 Å². The summed E-state index contributed by atoms with van der Waals surface area (Å²) in [7, 11) is 3.55. The van der Waals surface area contributed by atoms with Gasteiger partial charge >= 0.3 is 0 Å². The van der Waals surface area contributed by atoms with Crippen LogP contribution in [0.25, 0.3) is 0 Å². The topological polar surface area (TPSA) is 80.4 Å². The number of methoxy groups -OCH3 is 1. The minimum absolute atomic E-state index is 0.0602. The van der Waals surface area contributed by atoms with E-state index in [4.69, 9.17) is 15.3 Å². The lowest BCUT2D eigenvalue weighted by molar-refractivity contribution is -0.132. The van der Waals surface area contributed by atoms with Gasteiger partial charge in [0.2, 0.25) is 5.91 Å². The van der Waals surface area contributed by atoms with Gasteiger partial charge < -0.3 is 9.64 Å². The molecule has 6 nitrogen and oxygen atoms in total. The molecule has 0 saturated heterocycles. The average molecular weight is 342 g/mol. The van der Waals surface area contributed by atoms with Crippen LogP contribution in [0.15, 0.2) is 12.1 Å². The molecule has 0 N–H and O–H groups in total. The number of ether oxygens (including phenoxy) is 1. The number of carbonyl (C=O) groups is 1. The van der Waals surface area contributed by atoms with Gasteiger partial charge in [0.05, 0.1) is 38.6 Å². The molecule has 0 spiro atoms. The Labute approximate surface area is 150 Å². The first-order valence-electron chi connectivity index (χ1n) is 8.27. The summed E-state index contributed by atoms with van der Waals surface area (Å²) in [5, 5.41) is 17.4. The molecule has 0 aromatic heterocycles. The second-order valence-electron chi connectivity index (χ2n) is 6.13. The predicted octanol–water partition coefficient (Wildman–Crippen LogP) is 2.40. The van der Waals surface area contributed by atoms with Crippen LogP contribution < -0.4 is 4.74 Å². The molecule has 0 bridgehead atoms. The molecule has 0 unspecified atom stereocenters. The third-order valence-corrected chi connectivity index (χ3v) is 3.92. The van der Waals surface area contributed by atoms with E-state index in [-0.39, 0.29) is 25.3 Å². The van der Waals surface area contributed by atoms with Crippen molar-refractivity contribution >= 4 is 5.91 Å². The Hall–Kier alpha value is -2.57. The highest BCUT2D eigenvalue weighted by Gasteiger charge is 2.16. The molecule has 134 valence electrons. The van der Waals surface area contributed by atoms with E-state index in [0.29, 0.717) is 19.6 Å². The van der Waals surface area contributed by atoms with Gasteiger partial charge in [-0.15, -0.1) is 0 Å². The lowest BCUT2D eigenvalue weighted by Crippen LogP contribution is -2.39. The lowest BCUT2D eigenvalue weighted by Gasteiger charge is -2.24. The Balaban J connectivity index is 2.71. The Kier molecular flexibility index (Phi) is 8.46. The fourth-order valence-corrected chi connectivity index (χ4v) is 2.88. The smallest absolute Gasteiger partial charge is 0.236 e. The Morgan fingerprint density at radius 3 is 2.08 bits per heavy atom. The van der Waals surface area contributed by atoms with Crippen LogP contribution in [0.1, 0.15) is 29.5 Å². The molecule has 0 aliphatic rings. The van der Waals surface area contributed by atoms with Crippen molar-refractivity contribution in [1.29, 1.82) is 10.5 Å². The molecule has 0 fully saturated rings. The van der Waals surface area contributed by atoms with Crippen molar-refractivity contribution < 1.29 is 9.53 Å². The van der Waals surface area contributed by atoms with Crippen molar-refractivity contribution in [3.8, 4) is 17.9 Å². The Bertz CT molecular complexity index is 632. The van der Waals surface area contributed by atoms with Crippen molar-refractivity contribution in [2.45, 2.75) is 33.2 Å². The highest BCUT2D eigenvalue weighted by molar-refractivity contribution is 5.78. The summed E-state index contributed by atoms with van der Waals surface area (Å²) in [6.07, 6.45) is 0.551. The van der Waals surface area contributed by atoms with E-state index in [9.17, 15) is 4.79 Å². The van der Waals surface area contributed by atoms with Crippen molar-refractivity contribution in [3.63, 3.8) is 0 Å². The van der Waals surface area contributed by atoms with Gasteiger partial charge in [0, 0.05) is 19.6 Å². The van der Waals surface area contributed by atoms with E-state index < -0.39 is 0 Å². The number of nitrogens with zero attached hydrogens (tertiary/aromatic N) is 4. The van der Waals surface area contributed by atoms with E-state index >= 15 is 0 Å². The normalized spacial score (nSPS) is 10.2. The summed E-state index contributed by atoms with van der Waals surface area (Å²) >= 11 is 0. The molecule has 25 heavy (non-hydrogen) atoms.